The number of fused-ring (bicyclic) bond motifs is 1. The van der Waals surface area contributed by atoms with Crippen molar-refractivity contribution in [3.63, 3.8) is 0 Å². The van der Waals surface area contributed by atoms with E-state index in [1.807, 2.05) is 6.92 Å². The quantitative estimate of drug-likeness (QED) is 0.815. The van der Waals surface area contributed by atoms with E-state index in [2.05, 4.69) is 5.32 Å². The SMILES string of the molecule is CCCCN(CC(N)=O)C(=O)c1ccc2c(c1)NC(=O)C2. The Hall–Kier alpha value is -2.37. The third kappa shape index (κ3) is 3.59. The third-order valence-corrected chi connectivity index (χ3v) is 3.40. The minimum absolute atomic E-state index is 0.0745. The molecule has 6 nitrogen and oxygen atoms in total. The van der Waals surface area contributed by atoms with E-state index in [4.69, 9.17) is 5.73 Å². The molecule has 0 bridgehead atoms. The average molecular weight is 289 g/mol. The summed E-state index contributed by atoms with van der Waals surface area (Å²) in [7, 11) is 0. The highest BCUT2D eigenvalue weighted by Gasteiger charge is 2.22. The molecule has 1 aliphatic heterocycles. The Balaban J connectivity index is 2.18. The minimum Gasteiger partial charge on any atom is -0.368 e. The van der Waals surface area contributed by atoms with Gasteiger partial charge >= 0.3 is 0 Å². The number of carbonyl (C=O) groups excluding carboxylic acids is 3. The molecule has 112 valence electrons. The van der Waals surface area contributed by atoms with Crippen molar-refractivity contribution in [3.8, 4) is 0 Å². The molecule has 0 unspecified atom stereocenters. The maximum atomic E-state index is 12.5. The van der Waals surface area contributed by atoms with Gasteiger partial charge in [-0.25, -0.2) is 0 Å². The van der Waals surface area contributed by atoms with Gasteiger partial charge < -0.3 is 16.0 Å². The number of primary amides is 1. The first-order valence-electron chi connectivity index (χ1n) is 7.01. The molecule has 0 aromatic heterocycles. The number of nitrogens with two attached hydrogens (primary N) is 1. The Labute approximate surface area is 123 Å². The highest BCUT2D eigenvalue weighted by molar-refractivity contribution is 6.02. The lowest BCUT2D eigenvalue weighted by Gasteiger charge is -2.21. The Morgan fingerprint density at radius 3 is 2.81 bits per heavy atom. The molecule has 0 aliphatic carbocycles. The van der Waals surface area contributed by atoms with Crippen LogP contribution >= 0.6 is 0 Å². The topological polar surface area (TPSA) is 92.5 Å². The fraction of sp³-hybridized carbons (Fsp3) is 0.400. The molecule has 21 heavy (non-hydrogen) atoms. The Bertz CT molecular complexity index is 584. The normalized spacial score (nSPS) is 12.7. The smallest absolute Gasteiger partial charge is 0.254 e. The van der Waals surface area contributed by atoms with Crippen LogP contribution in [0.5, 0.6) is 0 Å². The summed E-state index contributed by atoms with van der Waals surface area (Å²) in [4.78, 5) is 36.4. The van der Waals surface area contributed by atoms with E-state index < -0.39 is 5.91 Å². The van der Waals surface area contributed by atoms with Crippen molar-refractivity contribution in [1.29, 1.82) is 0 Å². The molecule has 1 aromatic rings. The summed E-state index contributed by atoms with van der Waals surface area (Å²) in [6, 6.07) is 5.10. The molecule has 1 aliphatic rings. The number of benzene rings is 1. The van der Waals surface area contributed by atoms with Crippen LogP contribution in [0.1, 0.15) is 35.7 Å². The van der Waals surface area contributed by atoms with Gasteiger partial charge in [0, 0.05) is 17.8 Å². The molecule has 0 radical (unpaired) electrons. The summed E-state index contributed by atoms with van der Waals surface area (Å²) < 4.78 is 0. The second kappa shape index (κ2) is 6.39. The van der Waals surface area contributed by atoms with Gasteiger partial charge in [0.25, 0.3) is 5.91 Å². The number of hydrogen-bond acceptors (Lipinski definition) is 3. The van der Waals surface area contributed by atoms with E-state index in [0.29, 0.717) is 24.2 Å². The summed E-state index contributed by atoms with van der Waals surface area (Å²) in [6.07, 6.45) is 2.06. The predicted molar refractivity (Wildman–Crippen MR) is 78.8 cm³/mol. The lowest BCUT2D eigenvalue weighted by molar-refractivity contribution is -0.118. The molecule has 3 amide bonds. The van der Waals surface area contributed by atoms with Crippen molar-refractivity contribution in [2.24, 2.45) is 5.73 Å². The summed E-state index contributed by atoms with van der Waals surface area (Å²) in [6.45, 7) is 2.40. The van der Waals surface area contributed by atoms with Gasteiger partial charge in [0.2, 0.25) is 11.8 Å². The van der Waals surface area contributed by atoms with E-state index in [1.54, 1.807) is 18.2 Å². The van der Waals surface area contributed by atoms with Crippen LogP contribution in [0.3, 0.4) is 0 Å². The van der Waals surface area contributed by atoms with E-state index in [0.717, 1.165) is 18.4 Å². The molecule has 0 spiro atoms. The lowest BCUT2D eigenvalue weighted by atomic mass is 10.1. The Morgan fingerprint density at radius 2 is 2.14 bits per heavy atom. The first-order valence-corrected chi connectivity index (χ1v) is 7.01. The average Bonchev–Trinajstić information content (AvgIpc) is 2.81. The minimum atomic E-state index is -0.533. The van der Waals surface area contributed by atoms with E-state index in [-0.39, 0.29) is 18.4 Å². The van der Waals surface area contributed by atoms with Gasteiger partial charge in [-0.2, -0.15) is 0 Å². The van der Waals surface area contributed by atoms with Gasteiger partial charge in [-0.3, -0.25) is 14.4 Å². The number of amides is 3. The van der Waals surface area contributed by atoms with Gasteiger partial charge in [-0.1, -0.05) is 19.4 Å². The van der Waals surface area contributed by atoms with Gasteiger partial charge in [-0.15, -0.1) is 0 Å². The zero-order valence-corrected chi connectivity index (χ0v) is 12.0. The number of anilines is 1. The third-order valence-electron chi connectivity index (χ3n) is 3.40. The van der Waals surface area contributed by atoms with Gasteiger partial charge in [0.15, 0.2) is 0 Å². The second-order valence-electron chi connectivity index (χ2n) is 5.14. The van der Waals surface area contributed by atoms with Crippen LogP contribution in [0, 0.1) is 0 Å². The molecule has 0 fully saturated rings. The van der Waals surface area contributed by atoms with Crippen LogP contribution in [0.25, 0.3) is 0 Å². The van der Waals surface area contributed by atoms with Crippen LogP contribution in [0.4, 0.5) is 5.69 Å². The monoisotopic (exact) mass is 289 g/mol. The fourth-order valence-corrected chi connectivity index (χ4v) is 2.32. The predicted octanol–water partition coefficient (Wildman–Crippen LogP) is 0.909. The number of nitrogens with one attached hydrogen (secondary N) is 1. The largest absolute Gasteiger partial charge is 0.368 e. The molecular weight excluding hydrogens is 270 g/mol. The van der Waals surface area contributed by atoms with Crippen LogP contribution in [-0.2, 0) is 16.0 Å². The second-order valence-corrected chi connectivity index (χ2v) is 5.14. The van der Waals surface area contributed by atoms with Crippen LogP contribution < -0.4 is 11.1 Å². The number of hydrogen-bond donors (Lipinski definition) is 2. The number of rotatable bonds is 6. The Kier molecular flexibility index (Phi) is 4.57. The summed E-state index contributed by atoms with van der Waals surface area (Å²) >= 11 is 0. The highest BCUT2D eigenvalue weighted by atomic mass is 16.2. The van der Waals surface area contributed by atoms with Crippen LogP contribution in [-0.4, -0.2) is 35.7 Å². The van der Waals surface area contributed by atoms with Crippen molar-refractivity contribution in [2.45, 2.75) is 26.2 Å². The fourth-order valence-electron chi connectivity index (χ4n) is 2.32. The molecule has 6 heteroatoms. The first-order chi connectivity index (χ1) is 10.0. The molecule has 0 saturated heterocycles. The highest BCUT2D eigenvalue weighted by Crippen LogP contribution is 2.24. The first kappa shape index (κ1) is 15.0. The molecule has 2 rings (SSSR count). The van der Waals surface area contributed by atoms with Crippen LogP contribution in [0.15, 0.2) is 18.2 Å². The summed E-state index contributed by atoms with van der Waals surface area (Å²) in [5.41, 5.74) is 7.20. The number of nitrogens with zero attached hydrogens (tertiary/aromatic N) is 1. The van der Waals surface area contributed by atoms with Gasteiger partial charge in [-0.05, 0) is 24.1 Å². The molecule has 0 saturated carbocycles. The zero-order chi connectivity index (χ0) is 15.4. The van der Waals surface area contributed by atoms with Crippen molar-refractivity contribution in [1.82, 2.24) is 4.90 Å². The molecular formula is C15H19N3O3. The maximum absolute atomic E-state index is 12.5. The van der Waals surface area contributed by atoms with Gasteiger partial charge in [0.1, 0.15) is 0 Å². The Morgan fingerprint density at radius 1 is 1.38 bits per heavy atom. The summed E-state index contributed by atoms with van der Waals surface area (Å²) in [5, 5.41) is 2.71. The van der Waals surface area contributed by atoms with E-state index in [1.165, 1.54) is 4.90 Å². The molecule has 0 atom stereocenters. The van der Waals surface area contributed by atoms with Crippen molar-refractivity contribution in [2.75, 3.05) is 18.4 Å². The number of carbonyl (C=O) groups is 3. The summed E-state index contributed by atoms with van der Waals surface area (Å²) in [5.74, 6) is -0.852. The molecule has 1 heterocycles. The van der Waals surface area contributed by atoms with Crippen molar-refractivity contribution >= 4 is 23.4 Å². The van der Waals surface area contributed by atoms with Crippen LogP contribution in [0.2, 0.25) is 0 Å². The van der Waals surface area contributed by atoms with Crippen molar-refractivity contribution < 1.29 is 14.4 Å². The standard InChI is InChI=1S/C15H19N3O3/c1-2-3-6-18(9-13(16)19)15(21)11-5-4-10-8-14(20)17-12(10)7-11/h4-5,7H,2-3,6,8-9H2,1H3,(H2,16,19)(H,17,20). The van der Waals surface area contributed by atoms with Gasteiger partial charge in [0.05, 0.1) is 13.0 Å². The van der Waals surface area contributed by atoms with Crippen molar-refractivity contribution in [3.05, 3.63) is 29.3 Å². The maximum Gasteiger partial charge on any atom is 0.254 e. The molecule has 1 aromatic carbocycles. The number of unbranched alkanes of at least 4 members (excludes halogenated alkanes) is 1. The molecule has 3 N–H and O–H groups in total. The lowest BCUT2D eigenvalue weighted by Crippen LogP contribution is -2.39. The van der Waals surface area contributed by atoms with E-state index in [9.17, 15) is 14.4 Å². The zero-order valence-electron chi connectivity index (χ0n) is 12.0. The van der Waals surface area contributed by atoms with E-state index >= 15 is 0 Å².